The molecule has 0 radical (unpaired) electrons. The Kier molecular flexibility index (Phi) is 4.98. The van der Waals surface area contributed by atoms with E-state index in [0.29, 0.717) is 24.2 Å². The van der Waals surface area contributed by atoms with Crippen LogP contribution >= 0.6 is 0 Å². The number of nitrogens with zero attached hydrogens (tertiary/aromatic N) is 3. The first-order chi connectivity index (χ1) is 15.7. The largest absolute Gasteiger partial charge is 0.445 e. The zero-order valence-corrected chi connectivity index (χ0v) is 17.4. The molecule has 1 spiro atoms. The topological polar surface area (TPSA) is 100 Å². The third-order valence-electron chi connectivity index (χ3n) is 6.21. The fourth-order valence-corrected chi connectivity index (χ4v) is 4.56. The number of H-pyrrole nitrogens is 1. The summed E-state index contributed by atoms with van der Waals surface area (Å²) in [6.07, 6.45) is -3.49. The Hall–Kier alpha value is -3.63. The van der Waals surface area contributed by atoms with Crippen molar-refractivity contribution in [1.82, 2.24) is 25.6 Å². The summed E-state index contributed by atoms with van der Waals surface area (Å²) in [7, 11) is 0. The summed E-state index contributed by atoms with van der Waals surface area (Å²) < 4.78 is 43.6. The number of hydrogen-bond donors (Lipinski definition) is 2. The van der Waals surface area contributed by atoms with Gasteiger partial charge in [-0.3, -0.25) is 9.89 Å². The molecule has 3 aromatic rings. The number of likely N-dealkylation sites (tertiary alicyclic amines) is 1. The maximum Gasteiger partial charge on any atom is 0.416 e. The van der Waals surface area contributed by atoms with Gasteiger partial charge in [-0.1, -0.05) is 17.3 Å². The summed E-state index contributed by atoms with van der Waals surface area (Å²) in [5.74, 6) is -0.184. The number of fused-ring (bicyclic) bond motifs is 1. The molecule has 11 heteroatoms. The number of alkyl halides is 3. The summed E-state index contributed by atoms with van der Waals surface area (Å²) in [4.78, 5) is 26.3. The second kappa shape index (κ2) is 7.75. The van der Waals surface area contributed by atoms with Gasteiger partial charge in [-0.05, 0) is 48.7 Å². The quantitative estimate of drug-likeness (QED) is 0.622. The summed E-state index contributed by atoms with van der Waals surface area (Å²) in [6, 6.07) is 9.88. The fourth-order valence-electron chi connectivity index (χ4n) is 4.56. The van der Waals surface area contributed by atoms with Crippen LogP contribution in [0.2, 0.25) is 0 Å². The first-order valence-electron chi connectivity index (χ1n) is 10.4. The van der Waals surface area contributed by atoms with Gasteiger partial charge in [0.25, 0.3) is 5.91 Å². The van der Waals surface area contributed by atoms with E-state index in [-0.39, 0.29) is 29.5 Å². The molecular formula is C22H20F3N5O3. The molecule has 2 fully saturated rings. The number of ether oxygens (including phenoxy) is 1. The molecule has 2 aromatic carbocycles. The predicted octanol–water partition coefficient (Wildman–Crippen LogP) is 3.51. The minimum Gasteiger partial charge on any atom is -0.445 e. The van der Waals surface area contributed by atoms with E-state index in [1.54, 1.807) is 18.2 Å². The Balaban J connectivity index is 1.07. The highest BCUT2D eigenvalue weighted by atomic mass is 19.4. The molecule has 1 saturated carbocycles. The van der Waals surface area contributed by atoms with Crippen LogP contribution < -0.4 is 5.32 Å². The van der Waals surface area contributed by atoms with E-state index in [9.17, 15) is 22.8 Å². The molecule has 2 heterocycles. The number of aromatic amines is 1. The summed E-state index contributed by atoms with van der Waals surface area (Å²) >= 11 is 0. The minimum absolute atomic E-state index is 0.0220. The molecule has 2 aliphatic rings. The second-order valence-corrected chi connectivity index (χ2v) is 8.73. The van der Waals surface area contributed by atoms with E-state index < -0.39 is 17.8 Å². The number of carbonyl (C=O) groups excluding carboxylic acids is 2. The van der Waals surface area contributed by atoms with Crippen molar-refractivity contribution in [1.29, 1.82) is 0 Å². The van der Waals surface area contributed by atoms with E-state index in [4.69, 9.17) is 4.74 Å². The lowest BCUT2D eigenvalue weighted by molar-refractivity contribution is -0.137. The van der Waals surface area contributed by atoms with Crippen molar-refractivity contribution in [2.45, 2.75) is 31.7 Å². The van der Waals surface area contributed by atoms with Crippen LogP contribution in [0.15, 0.2) is 42.5 Å². The normalized spacial score (nSPS) is 17.5. The van der Waals surface area contributed by atoms with Gasteiger partial charge in [-0.25, -0.2) is 4.79 Å². The highest BCUT2D eigenvalue weighted by Gasteiger charge is 2.54. The van der Waals surface area contributed by atoms with Crippen molar-refractivity contribution in [3.63, 3.8) is 0 Å². The SMILES string of the molecule is O=C(NC1CC2(C1)CN(C(=O)OCc1cccc(C(F)(F)F)c1)C2)c1ccc2[nH]nnc2c1. The summed E-state index contributed by atoms with van der Waals surface area (Å²) in [5.41, 5.74) is 1.34. The average molecular weight is 459 g/mol. The van der Waals surface area contributed by atoms with Gasteiger partial charge in [0.05, 0.1) is 11.1 Å². The van der Waals surface area contributed by atoms with Crippen LogP contribution in [0.5, 0.6) is 0 Å². The van der Waals surface area contributed by atoms with E-state index in [1.165, 1.54) is 17.0 Å². The molecule has 8 nitrogen and oxygen atoms in total. The van der Waals surface area contributed by atoms with E-state index in [1.807, 2.05) is 0 Å². The number of hydrogen-bond acceptors (Lipinski definition) is 5. The highest BCUT2D eigenvalue weighted by molar-refractivity contribution is 5.97. The molecule has 33 heavy (non-hydrogen) atoms. The second-order valence-electron chi connectivity index (χ2n) is 8.73. The van der Waals surface area contributed by atoms with Crippen LogP contribution in [-0.4, -0.2) is 51.4 Å². The van der Waals surface area contributed by atoms with Crippen LogP contribution in [0, 0.1) is 5.41 Å². The number of nitrogens with one attached hydrogen (secondary N) is 2. The first kappa shape index (κ1) is 21.2. The van der Waals surface area contributed by atoms with Crippen LogP contribution in [-0.2, 0) is 17.5 Å². The number of aromatic nitrogens is 3. The summed E-state index contributed by atoms with van der Waals surface area (Å²) in [5, 5.41) is 13.3. The molecule has 1 aliphatic carbocycles. The van der Waals surface area contributed by atoms with Gasteiger partial charge in [0.15, 0.2) is 0 Å². The molecule has 0 atom stereocenters. The van der Waals surface area contributed by atoms with Gasteiger partial charge in [0.2, 0.25) is 0 Å². The van der Waals surface area contributed by atoms with Crippen molar-refractivity contribution in [3.8, 4) is 0 Å². The van der Waals surface area contributed by atoms with Gasteiger partial charge >= 0.3 is 12.3 Å². The Morgan fingerprint density at radius 2 is 1.97 bits per heavy atom. The van der Waals surface area contributed by atoms with E-state index in [0.717, 1.165) is 30.5 Å². The molecule has 172 valence electrons. The van der Waals surface area contributed by atoms with Crippen molar-refractivity contribution in [3.05, 3.63) is 59.2 Å². The maximum absolute atomic E-state index is 12.8. The van der Waals surface area contributed by atoms with Crippen molar-refractivity contribution in [2.24, 2.45) is 5.41 Å². The van der Waals surface area contributed by atoms with Gasteiger partial charge in [-0.15, -0.1) is 5.10 Å². The van der Waals surface area contributed by atoms with Crippen molar-refractivity contribution >= 4 is 23.0 Å². The number of amides is 2. The predicted molar refractivity (Wildman–Crippen MR) is 110 cm³/mol. The van der Waals surface area contributed by atoms with E-state index >= 15 is 0 Å². The van der Waals surface area contributed by atoms with Crippen LogP contribution in [0.4, 0.5) is 18.0 Å². The number of benzene rings is 2. The number of rotatable bonds is 4. The maximum atomic E-state index is 12.8. The summed E-state index contributed by atoms with van der Waals surface area (Å²) in [6.45, 7) is 0.790. The van der Waals surface area contributed by atoms with Crippen molar-refractivity contribution < 1.29 is 27.5 Å². The molecule has 1 aromatic heterocycles. The molecule has 1 aliphatic heterocycles. The molecule has 5 rings (SSSR count). The van der Waals surface area contributed by atoms with Crippen LogP contribution in [0.25, 0.3) is 11.0 Å². The van der Waals surface area contributed by atoms with Gasteiger partial charge < -0.3 is 15.0 Å². The molecule has 2 N–H and O–H groups in total. The third kappa shape index (κ3) is 4.22. The van der Waals surface area contributed by atoms with Crippen molar-refractivity contribution in [2.75, 3.05) is 13.1 Å². The molecule has 0 bridgehead atoms. The van der Waals surface area contributed by atoms with Crippen LogP contribution in [0.3, 0.4) is 0 Å². The average Bonchev–Trinajstić information content (AvgIpc) is 3.20. The Bertz CT molecular complexity index is 1210. The Morgan fingerprint density at radius 3 is 2.73 bits per heavy atom. The molecule has 1 saturated heterocycles. The number of carbonyl (C=O) groups is 2. The Labute approximate surface area is 186 Å². The molecule has 0 unspecified atom stereocenters. The number of halogens is 3. The van der Waals surface area contributed by atoms with Crippen LogP contribution in [0.1, 0.15) is 34.3 Å². The molecular weight excluding hydrogens is 439 g/mol. The minimum atomic E-state index is -4.44. The fraction of sp³-hybridized carbons (Fsp3) is 0.364. The lowest BCUT2D eigenvalue weighted by Gasteiger charge is -2.58. The lowest BCUT2D eigenvalue weighted by Crippen LogP contribution is -2.67. The van der Waals surface area contributed by atoms with E-state index in [2.05, 4.69) is 20.7 Å². The van der Waals surface area contributed by atoms with Gasteiger partial charge in [0.1, 0.15) is 12.1 Å². The highest BCUT2D eigenvalue weighted by Crippen LogP contribution is 2.48. The zero-order valence-electron chi connectivity index (χ0n) is 17.4. The first-order valence-corrected chi connectivity index (χ1v) is 10.4. The lowest BCUT2D eigenvalue weighted by atomic mass is 9.61. The standard InChI is InChI=1S/C22H20F3N5O3/c23-22(24,25)15-3-1-2-13(6-15)10-33-20(32)30-11-21(12-30)8-16(9-21)26-19(31)14-4-5-17-18(7-14)28-29-27-17/h1-7,16H,8-12H2,(H,26,31)(H,27,28,29). The van der Waals surface area contributed by atoms with Gasteiger partial charge in [-0.2, -0.15) is 13.2 Å². The smallest absolute Gasteiger partial charge is 0.416 e. The Morgan fingerprint density at radius 1 is 1.18 bits per heavy atom. The zero-order chi connectivity index (χ0) is 23.2. The molecule has 2 amide bonds. The van der Waals surface area contributed by atoms with Gasteiger partial charge in [0, 0.05) is 30.1 Å². The monoisotopic (exact) mass is 459 g/mol. The third-order valence-corrected chi connectivity index (χ3v) is 6.21.